The van der Waals surface area contributed by atoms with E-state index in [0.29, 0.717) is 0 Å². The van der Waals surface area contributed by atoms with Crippen molar-refractivity contribution in [3.63, 3.8) is 0 Å². The zero-order valence-corrected chi connectivity index (χ0v) is 16.8. The largest absolute Gasteiger partial charge is 0.497 e. The van der Waals surface area contributed by atoms with Crippen LogP contribution in [0.3, 0.4) is 0 Å². The summed E-state index contributed by atoms with van der Waals surface area (Å²) in [5, 5.41) is 3.91. The number of fused-ring (bicyclic) bond motifs is 7. The number of ether oxygens (including phenoxy) is 3. The summed E-state index contributed by atoms with van der Waals surface area (Å²) in [6, 6.07) is 15.8. The molecule has 1 saturated heterocycles. The number of anilines is 1. The lowest BCUT2D eigenvalue weighted by Crippen LogP contribution is -2.43. The van der Waals surface area contributed by atoms with Crippen LogP contribution in [-0.2, 0) is 4.79 Å². The van der Waals surface area contributed by atoms with Gasteiger partial charge in [-0.05, 0) is 61.0 Å². The molecule has 0 aliphatic carbocycles. The molecule has 1 amide bonds. The molecule has 2 aliphatic rings. The van der Waals surface area contributed by atoms with Crippen LogP contribution in [0, 0.1) is 5.41 Å². The Balaban J connectivity index is 1.86. The summed E-state index contributed by atoms with van der Waals surface area (Å²) in [6.07, 6.45) is -0.480. The third-order valence-electron chi connectivity index (χ3n) is 5.82. The van der Waals surface area contributed by atoms with Gasteiger partial charge in [0.15, 0.2) is 0 Å². The fourth-order valence-electron chi connectivity index (χ4n) is 4.09. The van der Waals surface area contributed by atoms with Gasteiger partial charge in [-0.2, -0.15) is 0 Å². The van der Waals surface area contributed by atoms with Gasteiger partial charge in [-0.25, -0.2) is 5.01 Å². The third kappa shape index (κ3) is 2.45. The Morgan fingerprint density at radius 3 is 2.45 bits per heavy atom. The van der Waals surface area contributed by atoms with E-state index >= 15 is 0 Å². The first-order chi connectivity index (χ1) is 13.9. The van der Waals surface area contributed by atoms with Crippen LogP contribution in [0.1, 0.15) is 13.8 Å². The second kappa shape index (κ2) is 6.04. The first-order valence-corrected chi connectivity index (χ1v) is 9.50. The van der Waals surface area contributed by atoms with Crippen molar-refractivity contribution in [2.24, 2.45) is 5.41 Å². The fraction of sp³-hybridized carbons (Fsp3) is 0.261. The number of hydrogen-bond donors (Lipinski definition) is 1. The van der Waals surface area contributed by atoms with Gasteiger partial charge < -0.3 is 14.2 Å². The summed E-state index contributed by atoms with van der Waals surface area (Å²) in [5.41, 5.74) is 5.02. The van der Waals surface area contributed by atoms with Crippen molar-refractivity contribution in [1.82, 2.24) is 5.43 Å². The van der Waals surface area contributed by atoms with Gasteiger partial charge in [0, 0.05) is 11.1 Å². The summed E-state index contributed by atoms with van der Waals surface area (Å²) in [7, 11) is 3.30. The first-order valence-electron chi connectivity index (χ1n) is 9.50. The number of nitrogens with zero attached hydrogens (tertiary/aromatic N) is 1. The van der Waals surface area contributed by atoms with Crippen LogP contribution in [0.2, 0.25) is 0 Å². The highest BCUT2D eigenvalue weighted by Gasteiger charge is 2.51. The minimum absolute atomic E-state index is 0.0739. The number of amides is 1. The van der Waals surface area contributed by atoms with E-state index in [1.165, 1.54) is 0 Å². The molecule has 1 atom stereocenters. The van der Waals surface area contributed by atoms with E-state index in [1.807, 2.05) is 67.4 Å². The van der Waals surface area contributed by atoms with Gasteiger partial charge in [-0.1, -0.05) is 12.1 Å². The summed E-state index contributed by atoms with van der Waals surface area (Å²) < 4.78 is 17.4. The minimum Gasteiger partial charge on any atom is -0.497 e. The maximum Gasteiger partial charge on any atom is 0.250 e. The lowest BCUT2D eigenvalue weighted by atomic mass is 9.91. The highest BCUT2D eigenvalue weighted by Crippen LogP contribution is 2.49. The van der Waals surface area contributed by atoms with Gasteiger partial charge in [0.05, 0.1) is 19.9 Å². The number of rotatable bonds is 2. The average molecular weight is 390 g/mol. The minimum atomic E-state index is -0.720. The molecule has 1 N–H and O–H groups in total. The number of carbonyl (C=O) groups excluding carboxylic acids is 1. The molecule has 0 aromatic heterocycles. The summed E-state index contributed by atoms with van der Waals surface area (Å²) in [4.78, 5) is 12.6. The Labute approximate surface area is 168 Å². The van der Waals surface area contributed by atoms with E-state index in [2.05, 4.69) is 5.43 Å². The predicted molar refractivity (Wildman–Crippen MR) is 111 cm³/mol. The Morgan fingerprint density at radius 1 is 1.00 bits per heavy atom. The van der Waals surface area contributed by atoms with Crippen molar-refractivity contribution in [3.8, 4) is 28.4 Å². The molecular formula is C23H22N2O4. The molecule has 0 bridgehead atoms. The van der Waals surface area contributed by atoms with Crippen LogP contribution >= 0.6 is 0 Å². The predicted octanol–water partition coefficient (Wildman–Crippen LogP) is 4.12. The highest BCUT2D eigenvalue weighted by molar-refractivity contribution is 6.04. The molecule has 148 valence electrons. The Kier molecular flexibility index (Phi) is 3.68. The molecule has 3 aromatic carbocycles. The molecule has 6 heteroatoms. The molecule has 6 nitrogen and oxygen atoms in total. The maximum absolute atomic E-state index is 12.6. The van der Waals surface area contributed by atoms with E-state index < -0.39 is 11.6 Å². The van der Waals surface area contributed by atoms with Crippen molar-refractivity contribution in [1.29, 1.82) is 0 Å². The molecule has 3 aromatic rings. The summed E-state index contributed by atoms with van der Waals surface area (Å²) >= 11 is 0. The zero-order valence-electron chi connectivity index (χ0n) is 16.8. The van der Waals surface area contributed by atoms with E-state index in [-0.39, 0.29) is 5.91 Å². The van der Waals surface area contributed by atoms with Crippen molar-refractivity contribution >= 4 is 22.4 Å². The number of methoxy groups -OCH3 is 2. The number of benzene rings is 3. The Bertz CT molecular complexity index is 1160. The van der Waals surface area contributed by atoms with E-state index in [1.54, 1.807) is 14.2 Å². The number of hydrogen-bond acceptors (Lipinski definition) is 5. The van der Waals surface area contributed by atoms with Crippen molar-refractivity contribution in [2.75, 3.05) is 19.2 Å². The van der Waals surface area contributed by atoms with Gasteiger partial charge in [0.2, 0.25) is 12.1 Å². The van der Waals surface area contributed by atoms with Crippen LogP contribution < -0.4 is 24.6 Å². The van der Waals surface area contributed by atoms with Crippen LogP contribution in [0.15, 0.2) is 48.5 Å². The SMILES string of the molecule is COc1ccc2c(c1)-c1c(ccc3ccc(OC)cc13)OC1N2NC(=O)C1(C)C. The summed E-state index contributed by atoms with van der Waals surface area (Å²) in [6.45, 7) is 3.79. The molecule has 0 radical (unpaired) electrons. The van der Waals surface area contributed by atoms with Gasteiger partial charge >= 0.3 is 0 Å². The molecule has 5 rings (SSSR count). The molecule has 1 unspecified atom stereocenters. The molecule has 1 fully saturated rings. The summed E-state index contributed by atoms with van der Waals surface area (Å²) in [5.74, 6) is 2.15. The number of carbonyl (C=O) groups is 1. The van der Waals surface area contributed by atoms with E-state index in [9.17, 15) is 4.79 Å². The third-order valence-corrected chi connectivity index (χ3v) is 5.82. The van der Waals surface area contributed by atoms with Crippen LogP contribution in [0.4, 0.5) is 5.69 Å². The first kappa shape index (κ1) is 17.7. The van der Waals surface area contributed by atoms with Gasteiger partial charge in [-0.15, -0.1) is 0 Å². The van der Waals surface area contributed by atoms with Crippen LogP contribution in [0.25, 0.3) is 21.9 Å². The van der Waals surface area contributed by atoms with E-state index in [0.717, 1.165) is 44.8 Å². The lowest BCUT2D eigenvalue weighted by Gasteiger charge is -2.29. The monoisotopic (exact) mass is 390 g/mol. The van der Waals surface area contributed by atoms with Gasteiger partial charge in [0.1, 0.15) is 22.7 Å². The zero-order chi connectivity index (χ0) is 20.3. The molecule has 2 aliphatic heterocycles. The van der Waals surface area contributed by atoms with Crippen LogP contribution in [-0.4, -0.2) is 26.4 Å². The van der Waals surface area contributed by atoms with Gasteiger partial charge in [0.25, 0.3) is 0 Å². The van der Waals surface area contributed by atoms with Crippen molar-refractivity contribution < 1.29 is 19.0 Å². The van der Waals surface area contributed by atoms with Crippen LogP contribution in [0.5, 0.6) is 17.2 Å². The second-order valence-electron chi connectivity index (χ2n) is 7.91. The topological polar surface area (TPSA) is 60.0 Å². The Hall–Kier alpha value is -3.41. The standard InChI is InChI=1S/C23H22N2O4/c1-23(2)21(26)24-25-18-9-8-15(28-4)12-17(18)20-16-11-14(27-3)7-5-13(16)6-10-19(20)29-22(23)25/h5-12,22H,1-4H3,(H,24,26). The van der Waals surface area contributed by atoms with Gasteiger partial charge in [-0.3, -0.25) is 10.2 Å². The highest BCUT2D eigenvalue weighted by atomic mass is 16.5. The fourth-order valence-corrected chi connectivity index (χ4v) is 4.09. The normalized spacial score (nSPS) is 18.8. The number of hydrazine groups is 1. The molecule has 2 heterocycles. The quantitative estimate of drug-likeness (QED) is 0.713. The molecule has 0 spiro atoms. The molecule has 29 heavy (non-hydrogen) atoms. The Morgan fingerprint density at radius 2 is 1.69 bits per heavy atom. The average Bonchev–Trinajstić information content (AvgIpc) is 2.87. The molecule has 0 saturated carbocycles. The lowest BCUT2D eigenvalue weighted by molar-refractivity contribution is -0.128. The second-order valence-corrected chi connectivity index (χ2v) is 7.91. The van der Waals surface area contributed by atoms with E-state index in [4.69, 9.17) is 14.2 Å². The smallest absolute Gasteiger partial charge is 0.250 e. The van der Waals surface area contributed by atoms with Crippen molar-refractivity contribution in [3.05, 3.63) is 48.5 Å². The maximum atomic E-state index is 12.6. The number of nitrogens with one attached hydrogen (secondary N) is 1. The van der Waals surface area contributed by atoms with Crippen molar-refractivity contribution in [2.45, 2.75) is 20.1 Å². The molecular weight excluding hydrogens is 368 g/mol.